The number of amides is 1. The molecule has 0 bridgehead atoms. The fraction of sp³-hybridized carbons (Fsp3) is 0.889. The minimum absolute atomic E-state index is 0.131. The molecule has 3 rings (SSSR count). The van der Waals surface area contributed by atoms with Crippen molar-refractivity contribution in [3.05, 3.63) is 0 Å². The Morgan fingerprint density at radius 1 is 1.28 bits per heavy atom. The van der Waals surface area contributed by atoms with E-state index in [-0.39, 0.29) is 11.5 Å². The molecule has 2 N–H and O–H groups in total. The number of carbonyl (C=O) groups excluding carboxylic acids is 1. The van der Waals surface area contributed by atoms with E-state index in [0.717, 1.165) is 44.9 Å². The van der Waals surface area contributed by atoms with Crippen molar-refractivity contribution in [2.75, 3.05) is 33.4 Å². The van der Waals surface area contributed by atoms with Gasteiger partial charge in [-0.15, -0.1) is 0 Å². The summed E-state index contributed by atoms with van der Waals surface area (Å²) in [7, 11) is 1.82. The van der Waals surface area contributed by atoms with Crippen LogP contribution >= 0.6 is 0 Å². The maximum atomic E-state index is 11.8. The van der Waals surface area contributed by atoms with Crippen molar-refractivity contribution in [3.63, 3.8) is 0 Å². The predicted molar refractivity (Wildman–Crippen MR) is 96.7 cm³/mol. The maximum absolute atomic E-state index is 11.8. The summed E-state index contributed by atoms with van der Waals surface area (Å²) in [6.45, 7) is 9.11. The van der Waals surface area contributed by atoms with Gasteiger partial charge in [-0.05, 0) is 26.2 Å². The van der Waals surface area contributed by atoms with Crippen molar-refractivity contribution in [1.82, 2.24) is 15.5 Å². The van der Waals surface area contributed by atoms with Crippen LogP contribution in [0.4, 0.5) is 4.79 Å². The summed E-state index contributed by atoms with van der Waals surface area (Å²) >= 11 is 0. The number of carbonyl (C=O) groups is 1. The molecule has 0 spiro atoms. The average molecular weight is 352 g/mol. The van der Waals surface area contributed by atoms with E-state index < -0.39 is 0 Å². The molecule has 142 valence electrons. The monoisotopic (exact) mass is 352 g/mol. The van der Waals surface area contributed by atoms with E-state index in [0.29, 0.717) is 30.7 Å². The molecule has 2 heterocycles. The SMILES string of the molecule is CCOC(=O)N1CCC(NC(=NC)NC2C3CCOC3C2(C)C)CC1. The van der Waals surface area contributed by atoms with E-state index in [1.54, 1.807) is 4.90 Å². The summed E-state index contributed by atoms with van der Waals surface area (Å²) in [5.41, 5.74) is 0.131. The third-order valence-electron chi connectivity index (χ3n) is 5.98. The second-order valence-electron chi connectivity index (χ2n) is 7.86. The van der Waals surface area contributed by atoms with Crippen molar-refractivity contribution >= 4 is 12.1 Å². The summed E-state index contributed by atoms with van der Waals surface area (Å²) < 4.78 is 10.9. The Kier molecular flexibility index (Phi) is 5.41. The minimum Gasteiger partial charge on any atom is -0.450 e. The lowest BCUT2D eigenvalue weighted by atomic mass is 9.57. The first-order chi connectivity index (χ1) is 12.0. The number of aliphatic imine (C=N–C) groups is 1. The number of nitrogens with zero attached hydrogens (tertiary/aromatic N) is 2. The molecule has 2 aliphatic heterocycles. The molecule has 1 saturated carbocycles. The number of piperidine rings is 1. The van der Waals surface area contributed by atoms with Gasteiger partial charge in [0.25, 0.3) is 0 Å². The second kappa shape index (κ2) is 7.40. The fourth-order valence-corrected chi connectivity index (χ4v) is 4.55. The lowest BCUT2D eigenvalue weighted by molar-refractivity contribution is -0.106. The highest BCUT2D eigenvalue weighted by atomic mass is 16.6. The van der Waals surface area contributed by atoms with Gasteiger partial charge in [-0.25, -0.2) is 4.79 Å². The smallest absolute Gasteiger partial charge is 0.409 e. The van der Waals surface area contributed by atoms with Crippen LogP contribution in [0.2, 0.25) is 0 Å². The Labute approximate surface area is 150 Å². The quantitative estimate of drug-likeness (QED) is 0.596. The topological polar surface area (TPSA) is 75.2 Å². The first-order valence-electron chi connectivity index (χ1n) is 9.50. The van der Waals surface area contributed by atoms with Gasteiger partial charge in [0.2, 0.25) is 0 Å². The molecule has 2 saturated heterocycles. The summed E-state index contributed by atoms with van der Waals surface area (Å²) in [5, 5.41) is 7.15. The number of fused-ring (bicyclic) bond motifs is 1. The molecular formula is C18H32N4O3. The molecule has 7 nitrogen and oxygen atoms in total. The molecule has 0 aromatic carbocycles. The first kappa shape index (κ1) is 18.3. The molecule has 1 aliphatic carbocycles. The van der Waals surface area contributed by atoms with Crippen molar-refractivity contribution in [1.29, 1.82) is 0 Å². The summed E-state index contributed by atoms with van der Waals surface area (Å²) in [4.78, 5) is 18.0. The molecule has 3 unspecified atom stereocenters. The van der Waals surface area contributed by atoms with Gasteiger partial charge in [-0.1, -0.05) is 13.8 Å². The van der Waals surface area contributed by atoms with Crippen LogP contribution in [-0.2, 0) is 9.47 Å². The zero-order valence-electron chi connectivity index (χ0n) is 15.9. The van der Waals surface area contributed by atoms with Gasteiger partial charge in [-0.2, -0.15) is 0 Å². The predicted octanol–water partition coefficient (Wildman–Crippen LogP) is 1.59. The van der Waals surface area contributed by atoms with Crippen LogP contribution in [0.3, 0.4) is 0 Å². The molecule has 1 amide bonds. The van der Waals surface area contributed by atoms with Crippen LogP contribution in [-0.4, -0.2) is 68.5 Å². The van der Waals surface area contributed by atoms with E-state index in [1.807, 2.05) is 14.0 Å². The van der Waals surface area contributed by atoms with Crippen LogP contribution in [0.5, 0.6) is 0 Å². The van der Waals surface area contributed by atoms with Crippen molar-refractivity contribution in [2.45, 2.75) is 58.2 Å². The number of guanidine groups is 1. The third-order valence-corrected chi connectivity index (χ3v) is 5.98. The Morgan fingerprint density at radius 3 is 2.64 bits per heavy atom. The maximum Gasteiger partial charge on any atom is 0.409 e. The van der Waals surface area contributed by atoms with Crippen LogP contribution in [0, 0.1) is 11.3 Å². The number of rotatable bonds is 3. The molecule has 7 heteroatoms. The number of likely N-dealkylation sites (tertiary alicyclic amines) is 1. The molecule has 3 fully saturated rings. The molecular weight excluding hydrogens is 320 g/mol. The highest BCUT2D eigenvalue weighted by molar-refractivity contribution is 5.80. The van der Waals surface area contributed by atoms with Gasteiger partial charge in [0.15, 0.2) is 5.96 Å². The molecule has 3 aliphatic rings. The van der Waals surface area contributed by atoms with E-state index >= 15 is 0 Å². The highest BCUT2D eigenvalue weighted by Crippen LogP contribution is 2.52. The largest absolute Gasteiger partial charge is 0.450 e. The molecule has 25 heavy (non-hydrogen) atoms. The van der Waals surface area contributed by atoms with E-state index in [2.05, 4.69) is 29.5 Å². The lowest BCUT2D eigenvalue weighted by Crippen LogP contribution is -2.68. The number of ether oxygens (including phenoxy) is 2. The molecule has 0 aromatic heterocycles. The molecule has 0 aromatic rings. The van der Waals surface area contributed by atoms with Gasteiger partial charge < -0.3 is 25.0 Å². The first-order valence-corrected chi connectivity index (χ1v) is 9.50. The third kappa shape index (κ3) is 3.57. The second-order valence-corrected chi connectivity index (χ2v) is 7.86. The Balaban J connectivity index is 1.48. The average Bonchev–Trinajstić information content (AvgIpc) is 3.06. The number of hydrogen-bond acceptors (Lipinski definition) is 4. The zero-order chi connectivity index (χ0) is 18.0. The van der Waals surface area contributed by atoms with Gasteiger partial charge in [0.05, 0.1) is 12.7 Å². The highest BCUT2D eigenvalue weighted by Gasteiger charge is 2.59. The zero-order valence-corrected chi connectivity index (χ0v) is 15.9. The van der Waals surface area contributed by atoms with E-state index in [4.69, 9.17) is 9.47 Å². The standard InChI is InChI=1S/C18H32N4O3/c1-5-24-17(23)22-9-6-12(7-10-22)20-16(19-4)21-14-13-8-11-25-15(13)18(14,2)3/h12-15H,5-11H2,1-4H3,(H2,19,20,21). The van der Waals surface area contributed by atoms with Crippen molar-refractivity contribution in [2.24, 2.45) is 16.3 Å². The van der Waals surface area contributed by atoms with E-state index in [1.165, 1.54) is 0 Å². The normalized spacial score (nSPS) is 31.9. The van der Waals surface area contributed by atoms with Crippen LogP contribution < -0.4 is 10.6 Å². The number of nitrogens with one attached hydrogen (secondary N) is 2. The summed E-state index contributed by atoms with van der Waals surface area (Å²) in [6.07, 6.45) is 3.11. The summed E-state index contributed by atoms with van der Waals surface area (Å²) in [5.74, 6) is 1.44. The molecule has 3 atom stereocenters. The van der Waals surface area contributed by atoms with Gasteiger partial charge >= 0.3 is 6.09 Å². The van der Waals surface area contributed by atoms with Gasteiger partial charge in [-0.3, -0.25) is 4.99 Å². The van der Waals surface area contributed by atoms with Crippen LogP contribution in [0.15, 0.2) is 4.99 Å². The van der Waals surface area contributed by atoms with Crippen molar-refractivity contribution < 1.29 is 14.3 Å². The van der Waals surface area contributed by atoms with E-state index in [9.17, 15) is 4.79 Å². The summed E-state index contributed by atoms with van der Waals surface area (Å²) in [6, 6.07) is 0.724. The molecule has 0 radical (unpaired) electrons. The van der Waals surface area contributed by atoms with Gasteiger partial charge in [0.1, 0.15) is 0 Å². The Morgan fingerprint density at radius 2 is 2.00 bits per heavy atom. The van der Waals surface area contributed by atoms with Crippen LogP contribution in [0.1, 0.15) is 40.0 Å². The minimum atomic E-state index is -0.202. The Hall–Kier alpha value is -1.50. The lowest BCUT2D eigenvalue weighted by Gasteiger charge is -2.55. The van der Waals surface area contributed by atoms with Crippen molar-refractivity contribution in [3.8, 4) is 0 Å². The Bertz CT molecular complexity index is 514. The number of hydrogen-bond donors (Lipinski definition) is 2. The fourth-order valence-electron chi connectivity index (χ4n) is 4.55. The van der Waals surface area contributed by atoms with Gasteiger partial charge in [0, 0.05) is 50.2 Å². The van der Waals surface area contributed by atoms with Crippen LogP contribution in [0.25, 0.3) is 0 Å².